The van der Waals surface area contributed by atoms with Gasteiger partial charge in [-0.25, -0.2) is 0 Å². The largest absolute Gasteiger partial charge is 0.457 e. The highest BCUT2D eigenvalue weighted by Crippen LogP contribution is 2.35. The maximum Gasteiger partial charge on any atom is 0.137 e. The van der Waals surface area contributed by atoms with E-state index < -0.39 is 0 Å². The maximum atomic E-state index is 9.21. The fourth-order valence-corrected chi connectivity index (χ4v) is 2.47. The van der Waals surface area contributed by atoms with E-state index in [0.29, 0.717) is 28.3 Å². The van der Waals surface area contributed by atoms with Crippen LogP contribution in [0.3, 0.4) is 0 Å². The van der Waals surface area contributed by atoms with Gasteiger partial charge in [-0.1, -0.05) is 53.7 Å². The summed E-state index contributed by atoms with van der Waals surface area (Å²) in [4.78, 5) is 2.74. The normalized spacial score (nSPS) is 12.1. The monoisotopic (exact) mass is 337 g/mol. The molecule has 0 amide bonds. The second-order valence-corrected chi connectivity index (χ2v) is 5.27. The predicted molar refractivity (Wildman–Crippen MR) is 97.6 cm³/mol. The molecule has 0 aliphatic carbocycles. The molecule has 0 fully saturated rings. The molecule has 0 atom stereocenters. The van der Waals surface area contributed by atoms with Crippen LogP contribution >= 0.6 is 0 Å². The lowest BCUT2D eigenvalue weighted by atomic mass is 9.97. The Morgan fingerprint density at radius 1 is 1.04 bits per heavy atom. The molecule has 6 heteroatoms. The Labute approximate surface area is 149 Å². The van der Waals surface area contributed by atoms with Crippen molar-refractivity contribution in [2.45, 2.75) is 0 Å². The van der Waals surface area contributed by atoms with Crippen molar-refractivity contribution in [1.82, 2.24) is 0 Å². The Kier molecular flexibility index (Phi) is 4.82. The van der Waals surface area contributed by atoms with Gasteiger partial charge in [0, 0.05) is 21.7 Å². The van der Waals surface area contributed by atoms with E-state index >= 15 is 0 Å². The van der Waals surface area contributed by atoms with Gasteiger partial charge in [-0.2, -0.15) is 10.5 Å². The first-order valence-corrected chi connectivity index (χ1v) is 7.62. The lowest BCUT2D eigenvalue weighted by Gasteiger charge is -2.18. The summed E-state index contributed by atoms with van der Waals surface area (Å²) in [6, 6.07) is 18.2. The first-order chi connectivity index (χ1) is 12.7. The lowest BCUT2D eigenvalue weighted by molar-refractivity contribution is 0.439. The van der Waals surface area contributed by atoms with E-state index in [1.54, 1.807) is 30.4 Å². The zero-order chi connectivity index (χ0) is 18.4. The van der Waals surface area contributed by atoms with Crippen LogP contribution in [-0.2, 0) is 0 Å². The molecular weight excluding hydrogens is 326 g/mol. The summed E-state index contributed by atoms with van der Waals surface area (Å²) in [5.74, 6) is 1.10. The number of hydrogen-bond acceptors (Lipinski definition) is 4. The van der Waals surface area contributed by atoms with Gasteiger partial charge in [0.05, 0.1) is 0 Å². The minimum atomic E-state index is 0.0327. The summed E-state index contributed by atoms with van der Waals surface area (Å²) in [5, 5.41) is 22.0. The van der Waals surface area contributed by atoms with E-state index in [2.05, 4.69) is 10.0 Å². The van der Waals surface area contributed by atoms with Crippen LogP contribution in [0, 0.1) is 22.7 Å². The second kappa shape index (κ2) is 7.55. The third-order valence-electron chi connectivity index (χ3n) is 3.68. The summed E-state index contributed by atoms with van der Waals surface area (Å²) in [6.07, 6.45) is 5.26. The summed E-state index contributed by atoms with van der Waals surface area (Å²) in [6.45, 7) is 0. The Morgan fingerprint density at radius 3 is 2.46 bits per heavy atom. The van der Waals surface area contributed by atoms with E-state index in [9.17, 15) is 10.5 Å². The fraction of sp³-hybridized carbons (Fsp3) is 0. The summed E-state index contributed by atoms with van der Waals surface area (Å²) < 4.78 is 5.84. The predicted octanol–water partition coefficient (Wildman–Crippen LogP) is 5.42. The number of nitriles is 2. The molecule has 0 saturated carbocycles. The van der Waals surface area contributed by atoms with Gasteiger partial charge in [-0.15, -0.1) is 0 Å². The Balaban J connectivity index is 1.96. The highest BCUT2D eigenvalue weighted by molar-refractivity contribution is 5.87. The Bertz CT molecular complexity index is 1060. The lowest BCUT2D eigenvalue weighted by Crippen LogP contribution is -2.03. The van der Waals surface area contributed by atoms with Gasteiger partial charge in [0.25, 0.3) is 0 Å². The molecule has 1 aliphatic rings. The third-order valence-corrected chi connectivity index (χ3v) is 3.68. The maximum absolute atomic E-state index is 9.21. The van der Waals surface area contributed by atoms with Crippen molar-refractivity contribution in [2.75, 3.05) is 0 Å². The van der Waals surface area contributed by atoms with Gasteiger partial charge in [-0.3, -0.25) is 0 Å². The smallest absolute Gasteiger partial charge is 0.137 e. The number of allylic oxidation sites excluding steroid dienone is 4. The molecule has 0 radical (unpaired) electrons. The van der Waals surface area contributed by atoms with E-state index in [0.717, 1.165) is 5.56 Å². The number of hydrogen-bond donors (Lipinski definition) is 0. The van der Waals surface area contributed by atoms with Gasteiger partial charge in [0.15, 0.2) is 0 Å². The van der Waals surface area contributed by atoms with Crippen LogP contribution in [0.4, 0.5) is 5.69 Å². The SMILES string of the molecule is N#CC(C#N)=C1C=C(C=Cc2ccc(N=[N+]=[N-])cc2)Oc2ccccc21. The van der Waals surface area contributed by atoms with Crippen molar-refractivity contribution in [1.29, 1.82) is 10.5 Å². The topological polar surface area (TPSA) is 106 Å². The second-order valence-electron chi connectivity index (χ2n) is 5.27. The van der Waals surface area contributed by atoms with Crippen molar-refractivity contribution in [3.63, 3.8) is 0 Å². The summed E-state index contributed by atoms with van der Waals surface area (Å²) >= 11 is 0. The van der Waals surface area contributed by atoms with E-state index in [1.807, 2.05) is 48.5 Å². The molecule has 0 aromatic heterocycles. The fourth-order valence-electron chi connectivity index (χ4n) is 2.47. The zero-order valence-electron chi connectivity index (χ0n) is 13.5. The van der Waals surface area contributed by atoms with Gasteiger partial charge in [-0.05, 0) is 29.3 Å². The van der Waals surface area contributed by atoms with Gasteiger partial charge in [0.2, 0.25) is 0 Å². The quantitative estimate of drug-likeness (QED) is 0.323. The van der Waals surface area contributed by atoms with Gasteiger partial charge < -0.3 is 4.74 Å². The molecule has 122 valence electrons. The molecule has 0 bridgehead atoms. The van der Waals surface area contributed by atoms with Gasteiger partial charge >= 0.3 is 0 Å². The van der Waals surface area contributed by atoms with Crippen LogP contribution in [0.2, 0.25) is 0 Å². The Morgan fingerprint density at radius 2 is 1.77 bits per heavy atom. The van der Waals surface area contributed by atoms with Crippen molar-refractivity contribution < 1.29 is 4.74 Å². The van der Waals surface area contributed by atoms with Crippen LogP contribution in [-0.4, -0.2) is 0 Å². The zero-order valence-corrected chi connectivity index (χ0v) is 13.5. The van der Waals surface area contributed by atoms with Crippen LogP contribution in [0.15, 0.2) is 77.1 Å². The molecular formula is C20H11N5O. The molecule has 1 aliphatic heterocycles. The third kappa shape index (κ3) is 3.47. The minimum Gasteiger partial charge on any atom is -0.457 e. The summed E-state index contributed by atoms with van der Waals surface area (Å²) in [5.41, 5.74) is 11.1. The molecule has 6 nitrogen and oxygen atoms in total. The van der Waals surface area contributed by atoms with Crippen molar-refractivity contribution >= 4 is 17.3 Å². The highest BCUT2D eigenvalue weighted by atomic mass is 16.5. The van der Waals surface area contributed by atoms with Crippen LogP contribution in [0.25, 0.3) is 22.1 Å². The molecule has 0 unspecified atom stereocenters. The first-order valence-electron chi connectivity index (χ1n) is 7.62. The molecule has 0 N–H and O–H groups in total. The van der Waals surface area contributed by atoms with Crippen molar-refractivity contribution in [2.24, 2.45) is 5.11 Å². The van der Waals surface area contributed by atoms with E-state index in [4.69, 9.17) is 10.3 Å². The molecule has 0 saturated heterocycles. The highest BCUT2D eigenvalue weighted by Gasteiger charge is 2.18. The number of azide groups is 1. The van der Waals surface area contributed by atoms with Crippen molar-refractivity contribution in [3.05, 3.63) is 93.6 Å². The molecule has 26 heavy (non-hydrogen) atoms. The van der Waals surface area contributed by atoms with E-state index in [-0.39, 0.29) is 5.57 Å². The van der Waals surface area contributed by atoms with Gasteiger partial charge in [0.1, 0.15) is 29.2 Å². The molecule has 3 rings (SSSR count). The minimum absolute atomic E-state index is 0.0327. The Hall–Kier alpha value is -4.25. The molecule has 2 aromatic carbocycles. The van der Waals surface area contributed by atoms with Crippen LogP contribution in [0.1, 0.15) is 11.1 Å². The number of para-hydroxylation sites is 1. The van der Waals surface area contributed by atoms with Crippen LogP contribution in [0.5, 0.6) is 5.75 Å². The first kappa shape index (κ1) is 16.6. The number of fused-ring (bicyclic) bond motifs is 1. The average Bonchev–Trinajstić information content (AvgIpc) is 2.68. The standard InChI is InChI=1S/C20H11N5O/c21-12-15(13-22)19-11-17(26-20-4-2-1-3-18(19)20)10-7-14-5-8-16(9-6-14)24-25-23/h1-11H. The summed E-state index contributed by atoms with van der Waals surface area (Å²) in [7, 11) is 0. The van der Waals surface area contributed by atoms with Crippen LogP contribution < -0.4 is 4.74 Å². The van der Waals surface area contributed by atoms with E-state index in [1.165, 1.54) is 0 Å². The van der Waals surface area contributed by atoms with Crippen molar-refractivity contribution in [3.8, 4) is 17.9 Å². The molecule has 2 aromatic rings. The number of nitrogens with zero attached hydrogens (tertiary/aromatic N) is 5. The number of ether oxygens (including phenoxy) is 1. The molecule has 1 heterocycles. The number of benzene rings is 2. The average molecular weight is 337 g/mol. The molecule has 0 spiro atoms. The number of rotatable bonds is 3.